The smallest absolute Gasteiger partial charge is 0.319 e. The van der Waals surface area contributed by atoms with Gasteiger partial charge in [0.1, 0.15) is 0 Å². The van der Waals surface area contributed by atoms with Crippen molar-refractivity contribution in [2.75, 3.05) is 19.0 Å². The minimum absolute atomic E-state index is 0.0227. The monoisotopic (exact) mass is 258 g/mol. The van der Waals surface area contributed by atoms with Crippen molar-refractivity contribution in [3.63, 3.8) is 0 Å². The van der Waals surface area contributed by atoms with Crippen LogP contribution >= 0.6 is 0 Å². The Morgan fingerprint density at radius 2 is 1.95 bits per heavy atom. The number of amides is 2. The van der Waals surface area contributed by atoms with Crippen molar-refractivity contribution < 1.29 is 9.53 Å². The van der Waals surface area contributed by atoms with Gasteiger partial charge >= 0.3 is 6.03 Å². The van der Waals surface area contributed by atoms with E-state index in [0.29, 0.717) is 6.61 Å². The Labute approximate surface area is 112 Å². The average Bonchev–Trinajstić information content (AvgIpc) is 2.38. The number of urea groups is 1. The molecule has 2 aromatic carbocycles. The van der Waals surface area contributed by atoms with Gasteiger partial charge in [0.2, 0.25) is 0 Å². The van der Waals surface area contributed by atoms with E-state index in [0.717, 1.165) is 16.5 Å². The number of rotatable bonds is 4. The molecular weight excluding hydrogens is 240 g/mol. The first-order valence-electron chi connectivity index (χ1n) is 6.24. The van der Waals surface area contributed by atoms with Crippen LogP contribution in [0, 0.1) is 0 Å². The molecule has 0 aromatic heterocycles. The van der Waals surface area contributed by atoms with Gasteiger partial charge in [0.15, 0.2) is 0 Å². The van der Waals surface area contributed by atoms with Crippen LogP contribution in [0.15, 0.2) is 42.5 Å². The van der Waals surface area contributed by atoms with Crippen molar-refractivity contribution in [2.24, 2.45) is 0 Å². The molecule has 19 heavy (non-hydrogen) atoms. The lowest BCUT2D eigenvalue weighted by Gasteiger charge is -2.13. The summed E-state index contributed by atoms with van der Waals surface area (Å²) in [4.78, 5) is 11.8. The van der Waals surface area contributed by atoms with Crippen molar-refractivity contribution in [1.82, 2.24) is 5.32 Å². The van der Waals surface area contributed by atoms with Crippen molar-refractivity contribution >= 4 is 22.5 Å². The van der Waals surface area contributed by atoms with Crippen LogP contribution in [0.2, 0.25) is 0 Å². The van der Waals surface area contributed by atoms with Crippen molar-refractivity contribution in [3.05, 3.63) is 42.5 Å². The Morgan fingerprint density at radius 3 is 2.68 bits per heavy atom. The first-order chi connectivity index (χ1) is 9.19. The molecule has 2 N–H and O–H groups in total. The third kappa shape index (κ3) is 3.69. The number of benzene rings is 2. The van der Waals surface area contributed by atoms with Crippen molar-refractivity contribution in [1.29, 1.82) is 0 Å². The van der Waals surface area contributed by atoms with Gasteiger partial charge < -0.3 is 15.4 Å². The first-order valence-corrected chi connectivity index (χ1v) is 6.24. The highest BCUT2D eigenvalue weighted by Gasteiger charge is 2.07. The molecule has 4 nitrogen and oxygen atoms in total. The Bertz CT molecular complexity index is 569. The lowest BCUT2D eigenvalue weighted by Crippen LogP contribution is -2.38. The van der Waals surface area contributed by atoms with Crippen LogP contribution < -0.4 is 10.6 Å². The summed E-state index contributed by atoms with van der Waals surface area (Å²) < 4.78 is 4.97. The van der Waals surface area contributed by atoms with Gasteiger partial charge in [-0.05, 0) is 29.8 Å². The molecule has 4 heteroatoms. The van der Waals surface area contributed by atoms with Crippen LogP contribution in [0.3, 0.4) is 0 Å². The minimum Gasteiger partial charge on any atom is -0.383 e. The maximum absolute atomic E-state index is 11.8. The zero-order chi connectivity index (χ0) is 13.7. The van der Waals surface area contributed by atoms with E-state index >= 15 is 0 Å². The molecule has 2 aromatic rings. The number of ether oxygens (including phenoxy) is 1. The summed E-state index contributed by atoms with van der Waals surface area (Å²) in [5.41, 5.74) is 0.779. The summed E-state index contributed by atoms with van der Waals surface area (Å²) in [6.07, 6.45) is 0. The van der Waals surface area contributed by atoms with E-state index in [1.54, 1.807) is 7.11 Å². The molecule has 0 aliphatic carbocycles. The number of nitrogens with one attached hydrogen (secondary N) is 2. The molecule has 100 valence electrons. The molecule has 2 amide bonds. The van der Waals surface area contributed by atoms with Crippen LogP contribution in [-0.4, -0.2) is 25.8 Å². The second kappa shape index (κ2) is 6.20. The first kappa shape index (κ1) is 13.4. The van der Waals surface area contributed by atoms with Gasteiger partial charge in [-0.1, -0.05) is 30.3 Å². The van der Waals surface area contributed by atoms with Gasteiger partial charge in [-0.25, -0.2) is 4.79 Å². The van der Waals surface area contributed by atoms with Crippen LogP contribution in [0.25, 0.3) is 10.8 Å². The van der Waals surface area contributed by atoms with E-state index < -0.39 is 0 Å². The van der Waals surface area contributed by atoms with Gasteiger partial charge in [0.05, 0.1) is 12.6 Å². The molecular formula is C15H18N2O2. The third-order valence-corrected chi connectivity index (χ3v) is 2.80. The lowest BCUT2D eigenvalue weighted by molar-refractivity contribution is 0.173. The number of anilines is 1. The highest BCUT2D eigenvalue weighted by atomic mass is 16.5. The zero-order valence-corrected chi connectivity index (χ0v) is 11.1. The normalized spacial score (nSPS) is 12.1. The van der Waals surface area contributed by atoms with Gasteiger partial charge in [-0.3, -0.25) is 0 Å². The van der Waals surface area contributed by atoms with Crippen molar-refractivity contribution in [2.45, 2.75) is 13.0 Å². The molecule has 0 saturated heterocycles. The fraction of sp³-hybridized carbons (Fsp3) is 0.267. The number of fused-ring (bicyclic) bond motifs is 1. The maximum Gasteiger partial charge on any atom is 0.319 e. The van der Waals surface area contributed by atoms with E-state index in [4.69, 9.17) is 4.74 Å². The van der Waals surface area contributed by atoms with E-state index in [1.165, 1.54) is 0 Å². The fourth-order valence-corrected chi connectivity index (χ4v) is 1.95. The molecule has 1 unspecified atom stereocenters. The molecule has 0 bridgehead atoms. The molecule has 0 spiro atoms. The Hall–Kier alpha value is -2.07. The number of hydrogen-bond acceptors (Lipinski definition) is 2. The maximum atomic E-state index is 11.8. The summed E-state index contributed by atoms with van der Waals surface area (Å²) in [6, 6.07) is 13.6. The summed E-state index contributed by atoms with van der Waals surface area (Å²) in [6.45, 7) is 2.38. The van der Waals surface area contributed by atoms with Gasteiger partial charge in [0.25, 0.3) is 0 Å². The van der Waals surface area contributed by atoms with Crippen LogP contribution in [0.4, 0.5) is 10.5 Å². The molecule has 0 heterocycles. The topological polar surface area (TPSA) is 50.4 Å². The third-order valence-electron chi connectivity index (χ3n) is 2.80. The van der Waals surface area contributed by atoms with E-state index in [1.807, 2.05) is 49.4 Å². The molecule has 1 atom stereocenters. The van der Waals surface area contributed by atoms with Gasteiger partial charge in [-0.15, -0.1) is 0 Å². The second-order valence-electron chi connectivity index (χ2n) is 4.52. The van der Waals surface area contributed by atoms with E-state index in [-0.39, 0.29) is 12.1 Å². The molecule has 0 saturated carbocycles. The van der Waals surface area contributed by atoms with Crippen molar-refractivity contribution in [3.8, 4) is 0 Å². The van der Waals surface area contributed by atoms with Gasteiger partial charge in [-0.2, -0.15) is 0 Å². The molecule has 0 fully saturated rings. The molecule has 0 radical (unpaired) electrons. The Morgan fingerprint density at radius 1 is 1.21 bits per heavy atom. The summed E-state index contributed by atoms with van der Waals surface area (Å²) in [7, 11) is 1.61. The molecule has 0 aliphatic rings. The van der Waals surface area contributed by atoms with E-state index in [9.17, 15) is 4.79 Å². The zero-order valence-electron chi connectivity index (χ0n) is 11.1. The van der Waals surface area contributed by atoms with Crippen LogP contribution in [0.5, 0.6) is 0 Å². The predicted molar refractivity (Wildman–Crippen MR) is 77.4 cm³/mol. The van der Waals surface area contributed by atoms with Crippen LogP contribution in [-0.2, 0) is 4.74 Å². The highest BCUT2D eigenvalue weighted by molar-refractivity contribution is 5.93. The Kier molecular flexibility index (Phi) is 4.36. The summed E-state index contributed by atoms with van der Waals surface area (Å²) >= 11 is 0. The lowest BCUT2D eigenvalue weighted by atomic mass is 10.1. The minimum atomic E-state index is -0.222. The predicted octanol–water partition coefficient (Wildman–Crippen LogP) is 3.00. The summed E-state index contributed by atoms with van der Waals surface area (Å²) in [5.74, 6) is 0. The SMILES string of the molecule is COCC(C)NC(=O)Nc1ccc2ccccc2c1. The average molecular weight is 258 g/mol. The van der Waals surface area contributed by atoms with E-state index in [2.05, 4.69) is 10.6 Å². The number of carbonyl (C=O) groups is 1. The standard InChI is InChI=1S/C15H18N2O2/c1-11(10-19-2)16-15(18)17-14-8-7-12-5-3-4-6-13(12)9-14/h3-9,11H,10H2,1-2H3,(H2,16,17,18). The Balaban J connectivity index is 2.02. The van der Waals surface area contributed by atoms with Crippen LogP contribution in [0.1, 0.15) is 6.92 Å². The number of carbonyl (C=O) groups excluding carboxylic acids is 1. The largest absolute Gasteiger partial charge is 0.383 e. The fourth-order valence-electron chi connectivity index (χ4n) is 1.95. The molecule has 0 aliphatic heterocycles. The molecule has 2 rings (SSSR count). The number of hydrogen-bond donors (Lipinski definition) is 2. The second-order valence-corrected chi connectivity index (χ2v) is 4.52. The summed E-state index contributed by atoms with van der Waals surface area (Å²) in [5, 5.41) is 7.88. The quantitative estimate of drug-likeness (QED) is 0.885. The van der Waals surface area contributed by atoms with Gasteiger partial charge in [0, 0.05) is 12.8 Å². The highest BCUT2D eigenvalue weighted by Crippen LogP contribution is 2.18. The number of methoxy groups -OCH3 is 1.